The molecule has 2 aromatic rings. The van der Waals surface area contributed by atoms with E-state index in [1.54, 1.807) is 26.0 Å². The zero-order valence-electron chi connectivity index (χ0n) is 21.3. The maximum Gasteiger partial charge on any atom is 0.216 e. The highest BCUT2D eigenvalue weighted by Gasteiger charge is 2.33. The zero-order chi connectivity index (χ0) is 26.6. The van der Waals surface area contributed by atoms with Crippen LogP contribution in [0.5, 0.6) is 0 Å². The number of hydrogen-bond acceptors (Lipinski definition) is 7. The number of aromatic nitrogens is 2. The van der Waals surface area contributed by atoms with E-state index in [-0.39, 0.29) is 24.7 Å². The van der Waals surface area contributed by atoms with Crippen LogP contribution in [0.2, 0.25) is 10.0 Å². The maximum absolute atomic E-state index is 13.1. The number of nitrogens with zero attached hydrogens (tertiary/aromatic N) is 3. The molecular weight excluding hydrogens is 535 g/mol. The molecule has 0 amide bonds. The molecule has 37 heavy (non-hydrogen) atoms. The van der Waals surface area contributed by atoms with Gasteiger partial charge in [0.25, 0.3) is 0 Å². The second-order valence-electron chi connectivity index (χ2n) is 10.1. The lowest BCUT2D eigenvalue weighted by molar-refractivity contribution is -0.123. The standard InChI is InChI=1S/C26H34Cl2N4O4S/c1-17(2)37(34,35)32-9-3-4-19(16-32)24(33)13-20-12-21(23(28)15-29-20)26-22(27)5-6-25(31-26)30-14-18-7-10-36-11-8-18/h5-6,12,15,17-19H,3-4,7-11,13-14,16H2,1-2H3,(H,30,31)/t19-/m0/s1. The molecule has 0 radical (unpaired) electrons. The van der Waals surface area contributed by atoms with E-state index in [1.165, 1.54) is 10.5 Å². The number of carbonyl (C=O) groups excluding carboxylic acids is 1. The van der Waals surface area contributed by atoms with Gasteiger partial charge in [-0.3, -0.25) is 9.78 Å². The number of piperidine rings is 1. The van der Waals surface area contributed by atoms with Crippen LogP contribution in [0.1, 0.15) is 45.2 Å². The summed E-state index contributed by atoms with van der Waals surface area (Å²) in [6.07, 6.45) is 4.96. The number of Topliss-reactive ketones (excluding diaryl/α,β-unsaturated/α-hetero) is 1. The second kappa shape index (κ2) is 12.4. The quantitative estimate of drug-likeness (QED) is 0.461. The summed E-state index contributed by atoms with van der Waals surface area (Å²) in [6.45, 7) is 6.36. The Kier molecular flexibility index (Phi) is 9.45. The highest BCUT2D eigenvalue weighted by molar-refractivity contribution is 7.89. The number of halogens is 2. The highest BCUT2D eigenvalue weighted by atomic mass is 35.5. The van der Waals surface area contributed by atoms with Gasteiger partial charge in [-0.2, -0.15) is 0 Å². The van der Waals surface area contributed by atoms with Gasteiger partial charge in [-0.05, 0) is 63.6 Å². The van der Waals surface area contributed by atoms with E-state index >= 15 is 0 Å². The Morgan fingerprint density at radius 1 is 1.19 bits per heavy atom. The molecular formula is C26H34Cl2N4O4S. The van der Waals surface area contributed by atoms with Gasteiger partial charge in [-0.1, -0.05) is 23.2 Å². The third-order valence-electron chi connectivity index (χ3n) is 7.08. The van der Waals surface area contributed by atoms with Crippen molar-refractivity contribution in [3.8, 4) is 11.3 Å². The van der Waals surface area contributed by atoms with Crippen molar-refractivity contribution in [3.05, 3.63) is 40.1 Å². The Morgan fingerprint density at radius 2 is 1.95 bits per heavy atom. The highest BCUT2D eigenvalue weighted by Crippen LogP contribution is 2.33. The molecule has 2 saturated heterocycles. The predicted octanol–water partition coefficient (Wildman–Crippen LogP) is 4.85. The maximum atomic E-state index is 13.1. The SMILES string of the molecule is CC(C)S(=O)(=O)N1CCC[C@H](C(=O)Cc2cc(-c3nc(NCC4CCOCC4)ccc3Cl)c(Cl)cn2)C1. The summed E-state index contributed by atoms with van der Waals surface area (Å²) in [6, 6.07) is 5.37. The molecule has 4 rings (SSSR count). The first-order chi connectivity index (χ1) is 17.6. The molecule has 4 heterocycles. The van der Waals surface area contributed by atoms with Crippen molar-refractivity contribution in [1.29, 1.82) is 0 Å². The minimum atomic E-state index is -3.40. The summed E-state index contributed by atoms with van der Waals surface area (Å²) in [5.41, 5.74) is 1.67. The minimum absolute atomic E-state index is 0.0321. The van der Waals surface area contributed by atoms with Gasteiger partial charge >= 0.3 is 0 Å². The van der Waals surface area contributed by atoms with E-state index in [2.05, 4.69) is 10.3 Å². The summed E-state index contributed by atoms with van der Waals surface area (Å²) in [4.78, 5) is 22.2. The molecule has 0 aromatic carbocycles. The number of ether oxygens (including phenoxy) is 1. The molecule has 0 unspecified atom stereocenters. The van der Waals surface area contributed by atoms with E-state index in [1.807, 2.05) is 6.07 Å². The molecule has 2 aromatic heterocycles. The fraction of sp³-hybridized carbons (Fsp3) is 0.577. The van der Waals surface area contributed by atoms with Gasteiger partial charge < -0.3 is 10.1 Å². The fourth-order valence-electron chi connectivity index (χ4n) is 4.75. The summed E-state index contributed by atoms with van der Waals surface area (Å²) >= 11 is 13.0. The van der Waals surface area contributed by atoms with Gasteiger partial charge in [0, 0.05) is 62.6 Å². The molecule has 2 aliphatic heterocycles. The van der Waals surface area contributed by atoms with Crippen molar-refractivity contribution in [1.82, 2.24) is 14.3 Å². The third kappa shape index (κ3) is 7.00. The van der Waals surface area contributed by atoms with Gasteiger partial charge in [0.2, 0.25) is 10.0 Å². The first-order valence-electron chi connectivity index (χ1n) is 12.8. The molecule has 0 spiro atoms. The number of rotatable bonds is 9. The third-order valence-corrected chi connectivity index (χ3v) is 9.93. The first kappa shape index (κ1) is 28.2. The molecule has 2 fully saturated rings. The van der Waals surface area contributed by atoms with E-state index in [0.717, 1.165) is 32.6 Å². The van der Waals surface area contributed by atoms with Crippen molar-refractivity contribution in [2.24, 2.45) is 11.8 Å². The average Bonchev–Trinajstić information content (AvgIpc) is 2.90. The molecule has 1 atom stereocenters. The summed E-state index contributed by atoms with van der Waals surface area (Å²) in [5, 5.41) is 3.72. The lowest BCUT2D eigenvalue weighted by Crippen LogP contribution is -2.45. The monoisotopic (exact) mass is 568 g/mol. The van der Waals surface area contributed by atoms with Crippen LogP contribution in [-0.2, 0) is 26.0 Å². The normalized spacial score (nSPS) is 19.8. The van der Waals surface area contributed by atoms with Crippen molar-refractivity contribution >= 4 is 44.8 Å². The number of ketones is 1. The van der Waals surface area contributed by atoms with Crippen molar-refractivity contribution < 1.29 is 17.9 Å². The number of pyridine rings is 2. The summed E-state index contributed by atoms with van der Waals surface area (Å²) in [5.74, 6) is 0.839. The Hall–Kier alpha value is -1.78. The van der Waals surface area contributed by atoms with Crippen LogP contribution in [-0.4, -0.2) is 66.6 Å². The molecule has 1 N–H and O–H groups in total. The van der Waals surface area contributed by atoms with E-state index in [9.17, 15) is 13.2 Å². The van der Waals surface area contributed by atoms with Gasteiger partial charge in [0.15, 0.2) is 0 Å². The summed E-state index contributed by atoms with van der Waals surface area (Å²) < 4.78 is 32.1. The minimum Gasteiger partial charge on any atom is -0.381 e. The smallest absolute Gasteiger partial charge is 0.216 e. The molecule has 202 valence electrons. The van der Waals surface area contributed by atoms with Crippen LogP contribution in [0, 0.1) is 11.8 Å². The topological polar surface area (TPSA) is 101 Å². The fourth-order valence-corrected chi connectivity index (χ4v) is 6.51. The molecule has 0 aliphatic carbocycles. The number of nitrogens with one attached hydrogen (secondary N) is 1. The van der Waals surface area contributed by atoms with Crippen molar-refractivity contribution in [2.75, 3.05) is 38.2 Å². The van der Waals surface area contributed by atoms with E-state index in [0.29, 0.717) is 58.1 Å². The van der Waals surface area contributed by atoms with Crippen LogP contribution in [0.4, 0.5) is 5.82 Å². The first-order valence-corrected chi connectivity index (χ1v) is 15.1. The van der Waals surface area contributed by atoms with Crippen LogP contribution in [0.25, 0.3) is 11.3 Å². The van der Waals surface area contributed by atoms with Gasteiger partial charge in [-0.15, -0.1) is 0 Å². The lowest BCUT2D eigenvalue weighted by Gasteiger charge is -2.32. The van der Waals surface area contributed by atoms with Crippen LogP contribution >= 0.6 is 23.2 Å². The van der Waals surface area contributed by atoms with E-state index < -0.39 is 15.3 Å². The van der Waals surface area contributed by atoms with Crippen LogP contribution in [0.15, 0.2) is 24.4 Å². The Bertz CT molecular complexity index is 1220. The number of sulfonamides is 1. The summed E-state index contributed by atoms with van der Waals surface area (Å²) in [7, 11) is -3.40. The molecule has 2 aliphatic rings. The van der Waals surface area contributed by atoms with Crippen molar-refractivity contribution in [3.63, 3.8) is 0 Å². The van der Waals surface area contributed by atoms with Gasteiger partial charge in [0.05, 0.1) is 21.0 Å². The Balaban J connectivity index is 1.47. The molecule has 8 nitrogen and oxygen atoms in total. The predicted molar refractivity (Wildman–Crippen MR) is 147 cm³/mol. The Labute approximate surface area is 229 Å². The van der Waals surface area contributed by atoms with Gasteiger partial charge in [0.1, 0.15) is 11.6 Å². The lowest BCUT2D eigenvalue weighted by atomic mass is 9.92. The van der Waals surface area contributed by atoms with Crippen molar-refractivity contribution in [2.45, 2.75) is 51.2 Å². The number of carbonyl (C=O) groups is 1. The zero-order valence-corrected chi connectivity index (χ0v) is 23.6. The van der Waals surface area contributed by atoms with Crippen LogP contribution < -0.4 is 5.32 Å². The second-order valence-corrected chi connectivity index (χ2v) is 13.4. The number of anilines is 1. The molecule has 0 saturated carbocycles. The molecule has 11 heteroatoms. The largest absolute Gasteiger partial charge is 0.381 e. The van der Waals surface area contributed by atoms with E-state index in [4.69, 9.17) is 32.9 Å². The van der Waals surface area contributed by atoms with Gasteiger partial charge in [-0.25, -0.2) is 17.7 Å². The average molecular weight is 570 g/mol. The van der Waals surface area contributed by atoms with Crippen LogP contribution in [0.3, 0.4) is 0 Å². The number of hydrogen-bond donors (Lipinski definition) is 1. The molecule has 0 bridgehead atoms. The Morgan fingerprint density at radius 3 is 2.68 bits per heavy atom.